The van der Waals surface area contributed by atoms with Gasteiger partial charge >= 0.3 is 11.9 Å². The van der Waals surface area contributed by atoms with E-state index >= 15 is 0 Å². The van der Waals surface area contributed by atoms with Gasteiger partial charge in [0.2, 0.25) is 0 Å². The average molecular weight is 1320 g/mol. The van der Waals surface area contributed by atoms with Gasteiger partial charge in [0, 0.05) is 12.8 Å². The minimum Gasteiger partial charge on any atom is -0.756 e. The summed E-state index contributed by atoms with van der Waals surface area (Å²) < 4.78 is 34.3. The fourth-order valence-electron chi connectivity index (χ4n) is 9.70. The molecule has 0 aliphatic rings. The number of phosphoric acid groups is 1. The summed E-state index contributed by atoms with van der Waals surface area (Å²) >= 11 is 0. The Hall–Kier alpha value is -4.89. The van der Waals surface area contributed by atoms with Crippen LogP contribution in [0.1, 0.15) is 284 Å². The van der Waals surface area contributed by atoms with Crippen LogP contribution in [0, 0.1) is 0 Å². The van der Waals surface area contributed by atoms with E-state index in [1.165, 1.54) is 128 Å². The standard InChI is InChI=1S/C84H138NO8P/c1-6-8-10-12-14-16-18-20-22-24-26-28-30-32-34-36-38-39-40-41-42-43-44-45-47-49-51-53-55-57-59-61-63-65-67-69-71-73-75-77-84(87)93-82(81-92-94(88,89)91-79-78-85(3,4)5)80-90-83(86)76-74-72-70-68-66-64-62-60-58-56-54-52-50-48-46-37-35-33-31-29-27-25-23-21-19-17-15-13-11-9-7-2/h8,10,14,16,19-22,25-28,31-34,38-39,41-42,44-45,49,51,55,57,61,63,67,69,82H,6-7,9,11-13,15,17-18,23-24,29-30,35-37,40,43,46-48,50,52-54,56,58-60,62,64-66,68,70-81H2,1-5H3/b10-8-,16-14-,21-19-,22-20-,27-25-,28-26-,33-31-,34-32-,39-38-,42-41-,45-44-,51-49-,57-55-,63-61-,69-67-. The Balaban J connectivity index is 4.17. The fraction of sp³-hybridized carbons (Fsp3) is 0.619. The molecule has 0 saturated carbocycles. The van der Waals surface area contributed by atoms with E-state index in [2.05, 4.69) is 196 Å². The molecule has 0 spiro atoms. The minimum absolute atomic E-state index is 0.0484. The van der Waals surface area contributed by atoms with Crippen molar-refractivity contribution >= 4 is 19.8 Å². The lowest BCUT2D eigenvalue weighted by atomic mass is 10.0. The Bertz CT molecular complexity index is 2240. The second-order valence-corrected chi connectivity index (χ2v) is 27.0. The summed E-state index contributed by atoms with van der Waals surface area (Å²) in [4.78, 5) is 38.1. The zero-order valence-electron chi connectivity index (χ0n) is 60.6. The van der Waals surface area contributed by atoms with Crippen molar-refractivity contribution in [1.82, 2.24) is 0 Å². The first kappa shape index (κ1) is 89.1. The lowest BCUT2D eigenvalue weighted by molar-refractivity contribution is -0.870. The molecule has 0 bridgehead atoms. The van der Waals surface area contributed by atoms with Gasteiger partial charge in [-0.25, -0.2) is 0 Å². The lowest BCUT2D eigenvalue weighted by Crippen LogP contribution is -2.37. The zero-order chi connectivity index (χ0) is 68.3. The Morgan fingerprint density at radius 3 is 0.926 bits per heavy atom. The van der Waals surface area contributed by atoms with Gasteiger partial charge in [-0.05, 0) is 141 Å². The molecule has 532 valence electrons. The Morgan fingerprint density at radius 1 is 0.340 bits per heavy atom. The van der Waals surface area contributed by atoms with Gasteiger partial charge in [-0.3, -0.25) is 14.2 Å². The number of hydrogen-bond acceptors (Lipinski definition) is 8. The average Bonchev–Trinajstić information content (AvgIpc) is 1.56. The van der Waals surface area contributed by atoms with Crippen molar-refractivity contribution in [2.45, 2.75) is 290 Å². The van der Waals surface area contributed by atoms with Crippen molar-refractivity contribution in [1.29, 1.82) is 0 Å². The van der Waals surface area contributed by atoms with Gasteiger partial charge in [-0.1, -0.05) is 312 Å². The highest BCUT2D eigenvalue weighted by atomic mass is 31.2. The molecule has 0 aromatic heterocycles. The molecule has 2 unspecified atom stereocenters. The molecule has 0 aromatic carbocycles. The Labute approximate surface area is 578 Å². The molecule has 0 saturated heterocycles. The number of unbranched alkanes of at least 4 members (excludes halogenated alkanes) is 23. The molecule has 0 rings (SSSR count). The fourth-order valence-corrected chi connectivity index (χ4v) is 10.4. The van der Waals surface area contributed by atoms with E-state index in [-0.39, 0.29) is 26.1 Å². The summed E-state index contributed by atoms with van der Waals surface area (Å²) in [5.41, 5.74) is 0. The molecule has 94 heavy (non-hydrogen) atoms. The molecule has 0 N–H and O–H groups in total. The summed E-state index contributed by atoms with van der Waals surface area (Å²) in [6.07, 6.45) is 111. The molecule has 0 fully saturated rings. The highest BCUT2D eigenvalue weighted by molar-refractivity contribution is 7.45. The van der Waals surface area contributed by atoms with E-state index < -0.39 is 32.5 Å². The molecule has 9 nitrogen and oxygen atoms in total. The minimum atomic E-state index is -4.67. The van der Waals surface area contributed by atoms with E-state index in [1.54, 1.807) is 0 Å². The first-order valence-electron chi connectivity index (χ1n) is 37.5. The highest BCUT2D eigenvalue weighted by Crippen LogP contribution is 2.38. The monoisotopic (exact) mass is 1320 g/mol. The Morgan fingerprint density at radius 2 is 0.606 bits per heavy atom. The zero-order valence-corrected chi connectivity index (χ0v) is 61.5. The van der Waals surface area contributed by atoms with Crippen LogP contribution in [0.25, 0.3) is 0 Å². The predicted molar refractivity (Wildman–Crippen MR) is 406 cm³/mol. The maximum Gasteiger partial charge on any atom is 0.306 e. The first-order chi connectivity index (χ1) is 46.0. The van der Waals surface area contributed by atoms with Gasteiger partial charge in [0.25, 0.3) is 7.82 Å². The van der Waals surface area contributed by atoms with Crippen LogP contribution in [0.3, 0.4) is 0 Å². The van der Waals surface area contributed by atoms with E-state index in [0.29, 0.717) is 17.4 Å². The molecule has 2 atom stereocenters. The summed E-state index contributed by atoms with van der Waals surface area (Å²) in [5, 5.41) is 0. The predicted octanol–water partition coefficient (Wildman–Crippen LogP) is 24.4. The topological polar surface area (TPSA) is 111 Å². The normalized spacial score (nSPS) is 14.1. The molecule has 0 amide bonds. The molecule has 0 aliphatic carbocycles. The van der Waals surface area contributed by atoms with E-state index in [1.807, 2.05) is 21.1 Å². The second kappa shape index (κ2) is 72.4. The second-order valence-electron chi connectivity index (χ2n) is 25.6. The van der Waals surface area contributed by atoms with Crippen LogP contribution in [0.5, 0.6) is 0 Å². The summed E-state index contributed by atoms with van der Waals surface area (Å²) in [7, 11) is 1.12. The summed E-state index contributed by atoms with van der Waals surface area (Å²) in [6.45, 7) is 4.06. The number of quaternary nitrogens is 1. The largest absolute Gasteiger partial charge is 0.756 e. The van der Waals surface area contributed by atoms with Gasteiger partial charge in [0.05, 0.1) is 27.7 Å². The number of carbonyl (C=O) groups excluding carboxylic acids is 2. The number of nitrogens with zero attached hydrogens (tertiary/aromatic N) is 1. The van der Waals surface area contributed by atoms with E-state index in [4.69, 9.17) is 18.5 Å². The summed E-state index contributed by atoms with van der Waals surface area (Å²) in [6, 6.07) is 0. The lowest BCUT2D eigenvalue weighted by Gasteiger charge is -2.28. The van der Waals surface area contributed by atoms with Crippen molar-refractivity contribution in [3.8, 4) is 0 Å². The van der Waals surface area contributed by atoms with Crippen LogP contribution in [0.15, 0.2) is 182 Å². The third-order valence-corrected chi connectivity index (χ3v) is 16.4. The highest BCUT2D eigenvalue weighted by Gasteiger charge is 2.22. The van der Waals surface area contributed by atoms with E-state index in [0.717, 1.165) is 122 Å². The van der Waals surface area contributed by atoms with Crippen molar-refractivity contribution in [3.05, 3.63) is 182 Å². The van der Waals surface area contributed by atoms with Crippen molar-refractivity contribution in [2.24, 2.45) is 0 Å². The third kappa shape index (κ3) is 76.1. The first-order valence-corrected chi connectivity index (χ1v) is 39.0. The van der Waals surface area contributed by atoms with Crippen LogP contribution in [0.2, 0.25) is 0 Å². The van der Waals surface area contributed by atoms with Crippen LogP contribution in [-0.2, 0) is 32.7 Å². The smallest absolute Gasteiger partial charge is 0.306 e. The number of esters is 2. The van der Waals surface area contributed by atoms with Gasteiger partial charge in [-0.2, -0.15) is 0 Å². The molecule has 10 heteroatoms. The van der Waals surface area contributed by atoms with Gasteiger partial charge in [0.15, 0.2) is 6.10 Å². The SMILES string of the molecule is CC/C=C\C/C=C\C/C=C\C/C=C\C/C=C\C/C=C\C/C=C\C/C=C\C/C=C\C/C=C\C/C=C\C/C=C\CCCCC(=O)OC(COC(=O)CCCCCCCCCCCCCCCCCC/C=C\C/C=C\C/C=C\CCCCCCC)COP(=O)([O-])OCC[N+](C)(C)C. The molecular formula is C84H138NO8P. The molecule has 0 radical (unpaired) electrons. The van der Waals surface area contributed by atoms with Crippen LogP contribution < -0.4 is 4.89 Å². The van der Waals surface area contributed by atoms with Crippen molar-refractivity contribution < 1.29 is 42.1 Å². The maximum absolute atomic E-state index is 12.9. The van der Waals surface area contributed by atoms with Crippen LogP contribution in [-0.4, -0.2) is 70.0 Å². The van der Waals surface area contributed by atoms with Crippen LogP contribution in [0.4, 0.5) is 0 Å². The third-order valence-electron chi connectivity index (χ3n) is 15.4. The van der Waals surface area contributed by atoms with Crippen molar-refractivity contribution in [2.75, 3.05) is 47.5 Å². The van der Waals surface area contributed by atoms with Gasteiger partial charge in [0.1, 0.15) is 19.8 Å². The quantitative estimate of drug-likeness (QED) is 0.0195. The number of phosphoric ester groups is 1. The van der Waals surface area contributed by atoms with Crippen molar-refractivity contribution in [3.63, 3.8) is 0 Å². The Kier molecular flexibility index (Phi) is 68.6. The summed E-state index contributed by atoms with van der Waals surface area (Å²) in [5.74, 6) is -0.892. The number of hydrogen-bond donors (Lipinski definition) is 0. The van der Waals surface area contributed by atoms with E-state index in [9.17, 15) is 19.0 Å². The number of allylic oxidation sites excluding steroid dienone is 30. The number of ether oxygens (including phenoxy) is 2. The molecule has 0 aliphatic heterocycles. The number of likely N-dealkylation sites (N-methyl/N-ethyl adjacent to an activating group) is 1. The maximum atomic E-state index is 12.9. The molecule has 0 aromatic rings. The van der Waals surface area contributed by atoms with Crippen LogP contribution >= 0.6 is 7.82 Å². The molecule has 0 heterocycles. The molecular weight excluding hydrogens is 1180 g/mol. The number of rotatable bonds is 67. The van der Waals surface area contributed by atoms with Gasteiger partial charge < -0.3 is 27.9 Å². The number of carbonyl (C=O) groups is 2. The van der Waals surface area contributed by atoms with Gasteiger partial charge in [-0.15, -0.1) is 0 Å².